The van der Waals surface area contributed by atoms with Gasteiger partial charge in [-0.3, -0.25) is 9.59 Å². The average molecular weight is 418 g/mol. The third kappa shape index (κ3) is 5.88. The molecule has 0 aliphatic carbocycles. The van der Waals surface area contributed by atoms with Crippen molar-refractivity contribution >= 4 is 27.5 Å². The number of likely N-dealkylation sites (N-methyl/N-ethyl adjacent to an activating group) is 1. The fraction of sp³-hybridized carbons (Fsp3) is 0.333. The van der Waals surface area contributed by atoms with E-state index in [1.165, 1.54) is 36.2 Å². The Labute approximate surface area is 172 Å². The van der Waals surface area contributed by atoms with E-state index in [9.17, 15) is 18.0 Å². The number of aryl methyl sites for hydroxylation is 2. The first-order valence-corrected chi connectivity index (χ1v) is 10.7. The molecule has 0 radical (unpaired) electrons. The number of nitrogens with zero attached hydrogens (tertiary/aromatic N) is 1. The van der Waals surface area contributed by atoms with Crippen molar-refractivity contribution in [3.8, 4) is 0 Å². The highest BCUT2D eigenvalue weighted by atomic mass is 32.2. The van der Waals surface area contributed by atoms with Crippen LogP contribution in [0.5, 0.6) is 0 Å². The van der Waals surface area contributed by atoms with E-state index in [1.54, 1.807) is 13.8 Å². The van der Waals surface area contributed by atoms with Crippen LogP contribution in [0, 0.1) is 13.8 Å². The fourth-order valence-electron chi connectivity index (χ4n) is 2.87. The molecule has 2 rings (SSSR count). The summed E-state index contributed by atoms with van der Waals surface area (Å²) in [5, 5.41) is 2.83. The first kappa shape index (κ1) is 22.6. The summed E-state index contributed by atoms with van der Waals surface area (Å²) in [5.41, 5.74) is 2.79. The Hall–Kier alpha value is -2.71. The minimum Gasteiger partial charge on any atom is -0.332 e. The summed E-state index contributed by atoms with van der Waals surface area (Å²) in [6, 6.07) is 11.2. The molecule has 0 aliphatic heterocycles. The van der Waals surface area contributed by atoms with E-state index >= 15 is 0 Å². The lowest BCUT2D eigenvalue weighted by molar-refractivity contribution is -0.116. The minimum atomic E-state index is -3.71. The van der Waals surface area contributed by atoms with Crippen molar-refractivity contribution < 1.29 is 18.0 Å². The van der Waals surface area contributed by atoms with Gasteiger partial charge in [-0.05, 0) is 57.0 Å². The Morgan fingerprint density at radius 1 is 1.03 bits per heavy atom. The van der Waals surface area contributed by atoms with Crippen molar-refractivity contribution in [1.29, 1.82) is 0 Å². The van der Waals surface area contributed by atoms with Gasteiger partial charge in [0.15, 0.2) is 0 Å². The normalized spacial score (nSPS) is 11.4. The molecule has 156 valence electrons. The standard InChI is InChI=1S/C21H27N3O4S/c1-14(2)23-29(27,28)18-11-7-10-17(12-18)21(26)24(5)13-19(25)22-20-15(3)8-6-9-16(20)4/h6-12,14,23H,13H2,1-5H3,(H,22,25). The quantitative estimate of drug-likeness (QED) is 0.724. The number of para-hydroxylation sites is 1. The smallest absolute Gasteiger partial charge is 0.254 e. The Kier molecular flexibility index (Phi) is 7.16. The van der Waals surface area contributed by atoms with Crippen molar-refractivity contribution in [1.82, 2.24) is 9.62 Å². The summed E-state index contributed by atoms with van der Waals surface area (Å²) in [6.07, 6.45) is 0. The van der Waals surface area contributed by atoms with E-state index in [-0.39, 0.29) is 29.0 Å². The Morgan fingerprint density at radius 2 is 1.62 bits per heavy atom. The van der Waals surface area contributed by atoms with E-state index in [4.69, 9.17) is 0 Å². The Balaban J connectivity index is 2.12. The van der Waals surface area contributed by atoms with Crippen molar-refractivity contribution in [2.75, 3.05) is 18.9 Å². The number of sulfonamides is 1. The summed E-state index contributed by atoms with van der Waals surface area (Å²) >= 11 is 0. The van der Waals surface area contributed by atoms with Crippen LogP contribution in [0.4, 0.5) is 5.69 Å². The van der Waals surface area contributed by atoms with Crippen LogP contribution in [0.25, 0.3) is 0 Å². The number of carbonyl (C=O) groups excluding carboxylic acids is 2. The van der Waals surface area contributed by atoms with Gasteiger partial charge in [0.2, 0.25) is 15.9 Å². The lowest BCUT2D eigenvalue weighted by atomic mass is 10.1. The van der Waals surface area contributed by atoms with Crippen LogP contribution in [0.2, 0.25) is 0 Å². The van der Waals surface area contributed by atoms with Crippen molar-refractivity contribution in [3.05, 3.63) is 59.2 Å². The topological polar surface area (TPSA) is 95.6 Å². The molecular weight excluding hydrogens is 390 g/mol. The van der Waals surface area contributed by atoms with Gasteiger partial charge in [0.25, 0.3) is 5.91 Å². The molecule has 8 heteroatoms. The molecule has 0 aliphatic rings. The molecule has 0 atom stereocenters. The van der Waals surface area contributed by atoms with E-state index in [0.717, 1.165) is 16.8 Å². The van der Waals surface area contributed by atoms with Gasteiger partial charge in [0.05, 0.1) is 11.4 Å². The summed E-state index contributed by atoms with van der Waals surface area (Å²) in [5.74, 6) is -0.772. The molecule has 0 unspecified atom stereocenters. The summed E-state index contributed by atoms with van der Waals surface area (Å²) in [4.78, 5) is 26.4. The highest BCUT2D eigenvalue weighted by Gasteiger charge is 2.20. The molecule has 0 aromatic heterocycles. The number of hydrogen-bond donors (Lipinski definition) is 2. The van der Waals surface area contributed by atoms with Gasteiger partial charge in [-0.25, -0.2) is 13.1 Å². The van der Waals surface area contributed by atoms with Crippen LogP contribution >= 0.6 is 0 Å². The molecule has 0 spiro atoms. The SMILES string of the molecule is Cc1cccc(C)c1NC(=O)CN(C)C(=O)c1cccc(S(=O)(=O)NC(C)C)c1. The molecule has 29 heavy (non-hydrogen) atoms. The zero-order valence-corrected chi connectivity index (χ0v) is 18.1. The Morgan fingerprint density at radius 3 is 2.21 bits per heavy atom. The van der Waals surface area contributed by atoms with Crippen molar-refractivity contribution in [2.24, 2.45) is 0 Å². The molecule has 0 heterocycles. The van der Waals surface area contributed by atoms with Crippen LogP contribution in [-0.4, -0.2) is 44.8 Å². The molecule has 2 aromatic rings. The predicted molar refractivity (Wildman–Crippen MR) is 113 cm³/mol. The number of anilines is 1. The molecule has 2 N–H and O–H groups in total. The molecule has 0 saturated heterocycles. The number of benzene rings is 2. The zero-order chi connectivity index (χ0) is 21.8. The van der Waals surface area contributed by atoms with Crippen molar-refractivity contribution in [3.63, 3.8) is 0 Å². The number of nitrogens with one attached hydrogen (secondary N) is 2. The summed E-state index contributed by atoms with van der Waals surface area (Å²) in [7, 11) is -2.21. The monoisotopic (exact) mass is 417 g/mol. The maximum Gasteiger partial charge on any atom is 0.254 e. The van der Waals surface area contributed by atoms with Crippen LogP contribution < -0.4 is 10.0 Å². The number of carbonyl (C=O) groups is 2. The van der Waals surface area contributed by atoms with E-state index in [0.29, 0.717) is 0 Å². The van der Waals surface area contributed by atoms with Crippen LogP contribution in [0.15, 0.2) is 47.4 Å². The third-order valence-corrected chi connectivity index (χ3v) is 5.91. The van der Waals surface area contributed by atoms with E-state index in [2.05, 4.69) is 10.0 Å². The number of rotatable bonds is 7. The highest BCUT2D eigenvalue weighted by molar-refractivity contribution is 7.89. The second kappa shape index (κ2) is 9.19. The molecule has 0 saturated carbocycles. The van der Waals surface area contributed by atoms with Gasteiger partial charge in [0.1, 0.15) is 0 Å². The molecule has 0 bridgehead atoms. The second-order valence-electron chi connectivity index (χ2n) is 7.28. The average Bonchev–Trinajstić information content (AvgIpc) is 2.63. The molecule has 2 aromatic carbocycles. The third-order valence-electron chi connectivity index (χ3n) is 4.26. The van der Waals surface area contributed by atoms with E-state index in [1.807, 2.05) is 32.0 Å². The van der Waals surface area contributed by atoms with Gasteiger partial charge < -0.3 is 10.2 Å². The van der Waals surface area contributed by atoms with Gasteiger partial charge in [0, 0.05) is 24.3 Å². The first-order chi connectivity index (χ1) is 13.5. The van der Waals surface area contributed by atoms with Gasteiger partial charge >= 0.3 is 0 Å². The lowest BCUT2D eigenvalue weighted by Gasteiger charge is -2.18. The fourth-order valence-corrected chi connectivity index (χ4v) is 4.17. The summed E-state index contributed by atoms with van der Waals surface area (Å²) in [6.45, 7) is 7.07. The number of amides is 2. The maximum atomic E-state index is 12.7. The van der Waals surface area contributed by atoms with Crippen LogP contribution in [0.3, 0.4) is 0 Å². The number of hydrogen-bond acceptors (Lipinski definition) is 4. The minimum absolute atomic E-state index is 0.00503. The highest BCUT2D eigenvalue weighted by Crippen LogP contribution is 2.19. The van der Waals surface area contributed by atoms with Crippen LogP contribution in [0.1, 0.15) is 35.3 Å². The molecule has 2 amide bonds. The van der Waals surface area contributed by atoms with Crippen molar-refractivity contribution in [2.45, 2.75) is 38.6 Å². The molecule has 0 fully saturated rings. The van der Waals surface area contributed by atoms with Crippen LogP contribution in [-0.2, 0) is 14.8 Å². The first-order valence-electron chi connectivity index (χ1n) is 9.25. The molecule has 7 nitrogen and oxygen atoms in total. The largest absolute Gasteiger partial charge is 0.332 e. The van der Waals surface area contributed by atoms with Gasteiger partial charge in [-0.15, -0.1) is 0 Å². The lowest BCUT2D eigenvalue weighted by Crippen LogP contribution is -2.35. The van der Waals surface area contributed by atoms with E-state index < -0.39 is 15.9 Å². The molecular formula is C21H27N3O4S. The Bertz CT molecular complexity index is 996. The van der Waals surface area contributed by atoms with Gasteiger partial charge in [-0.2, -0.15) is 0 Å². The zero-order valence-electron chi connectivity index (χ0n) is 17.3. The second-order valence-corrected chi connectivity index (χ2v) is 8.99. The predicted octanol–water partition coefficient (Wildman–Crippen LogP) is 2.70. The summed E-state index contributed by atoms with van der Waals surface area (Å²) < 4.78 is 27.1. The van der Waals surface area contributed by atoms with Gasteiger partial charge in [-0.1, -0.05) is 24.3 Å². The maximum absolute atomic E-state index is 12.7.